The first-order valence-corrected chi connectivity index (χ1v) is 20.0. The van der Waals surface area contributed by atoms with Crippen LogP contribution >= 0.6 is 31.3 Å². The number of aromatic amines is 2. The molecule has 0 aromatic carbocycles. The number of aryl methyl sites for hydroxylation is 1. The largest absolute Gasteiger partial charge is 0.490 e. The van der Waals surface area contributed by atoms with Gasteiger partial charge < -0.3 is 50.1 Å². The van der Waals surface area contributed by atoms with Crippen LogP contribution in [0.2, 0.25) is 0 Å². The molecule has 51 heavy (non-hydrogen) atoms. The first-order valence-electron chi connectivity index (χ1n) is 14.0. The molecule has 2 saturated heterocycles. The number of anilines is 1. The summed E-state index contributed by atoms with van der Waals surface area (Å²) in [4.78, 5) is 75.6. The van der Waals surface area contributed by atoms with Crippen LogP contribution in [-0.4, -0.2) is 103 Å². The predicted octanol–water partition coefficient (Wildman–Crippen LogP) is -2.56. The highest BCUT2D eigenvalue weighted by Gasteiger charge is 2.50. The highest BCUT2D eigenvalue weighted by atomic mass is 31.3. The molecule has 11 atom stereocenters. The SMILES string of the molecule is Cc1cn([C@H]2C[C@H](O)[C@@H](COP(=O)(O)OP(=O)(O)OP(=O)(O)OP(=O)(O)OC[C@H]3O[C@@H]([n+]4c[nH]c5c(N)ncnc54)[C@H](O)[C@@H]3O)O2)c(=O)[nH]c1=O. The number of aliphatic hydroxyl groups excluding tert-OH is 3. The van der Waals surface area contributed by atoms with Gasteiger partial charge in [-0.2, -0.15) is 17.9 Å². The molecule has 0 amide bonds. The average molecular weight is 812 g/mol. The van der Waals surface area contributed by atoms with Gasteiger partial charge in [-0.3, -0.25) is 28.4 Å². The zero-order valence-corrected chi connectivity index (χ0v) is 29.1. The Morgan fingerprint density at radius 3 is 2.14 bits per heavy atom. The highest BCUT2D eigenvalue weighted by molar-refractivity contribution is 7.69. The quantitative estimate of drug-likeness (QED) is 0.0591. The maximum Gasteiger partial charge on any atom is 0.490 e. The van der Waals surface area contributed by atoms with Crippen molar-refractivity contribution in [2.75, 3.05) is 18.9 Å². The Morgan fingerprint density at radius 2 is 1.51 bits per heavy atom. The molecule has 0 saturated carbocycles. The number of fused-ring (bicyclic) bond motifs is 1. The fraction of sp³-hybridized carbons (Fsp3) is 0.550. The topological polar surface area (TPSA) is 401 Å². The number of rotatable bonds is 14. The van der Waals surface area contributed by atoms with Crippen molar-refractivity contribution in [2.24, 2.45) is 0 Å². The summed E-state index contributed by atoms with van der Waals surface area (Å²) in [5.41, 5.74) is 4.68. The number of aliphatic hydroxyl groups is 3. The lowest BCUT2D eigenvalue weighted by Gasteiger charge is -2.21. The predicted molar refractivity (Wildman–Crippen MR) is 159 cm³/mol. The number of hydrogen-bond donors (Lipinski definition) is 10. The van der Waals surface area contributed by atoms with Crippen molar-refractivity contribution in [2.45, 2.75) is 56.3 Å². The van der Waals surface area contributed by atoms with Gasteiger partial charge in [-0.25, -0.2) is 27.6 Å². The lowest BCUT2D eigenvalue weighted by molar-refractivity contribution is -0.745. The molecule has 4 unspecified atom stereocenters. The first kappa shape index (κ1) is 39.6. The molecule has 2 aliphatic rings. The van der Waals surface area contributed by atoms with Gasteiger partial charge in [0.15, 0.2) is 18.5 Å². The molecule has 3 aromatic heterocycles. The summed E-state index contributed by atoms with van der Waals surface area (Å²) in [7, 11) is -23.8. The molecule has 2 aliphatic heterocycles. The zero-order chi connectivity index (χ0) is 37.7. The van der Waals surface area contributed by atoms with E-state index in [9.17, 15) is 62.7 Å². The Balaban J connectivity index is 1.13. The number of H-pyrrole nitrogens is 2. The average Bonchev–Trinajstić information content (AvgIpc) is 3.67. The molecule has 27 nitrogen and oxygen atoms in total. The van der Waals surface area contributed by atoms with E-state index < -0.39 is 98.7 Å². The van der Waals surface area contributed by atoms with E-state index in [0.717, 1.165) is 17.1 Å². The zero-order valence-electron chi connectivity index (χ0n) is 25.5. The first-order chi connectivity index (χ1) is 23.6. The fourth-order valence-corrected chi connectivity index (χ4v) is 9.80. The Morgan fingerprint density at radius 1 is 0.922 bits per heavy atom. The van der Waals surface area contributed by atoms with Gasteiger partial charge in [-0.05, 0) is 6.92 Å². The standard InChI is InChI=1S/C20H29N7O20P4/c1-8-3-26(20(32)25-18(8)31)12-2-9(28)10(43-12)4-41-48(33,34)45-50(37,38)47-51(39,40)46-49(35,36)42-5-11-14(29)15(30)19(44-11)27-7-24-13-16(21)22-6-23-17(13)27/h3,6-7,9-12,14-15,19,28-30H,2,4-5H2,1H3,(H7,21,22,23,25,31,32,33,34,35,36,37,38,39,40)/p+1/t9-,10+,11+,12+,14+,15+,19+/m0/s1. The van der Waals surface area contributed by atoms with Crippen molar-refractivity contribution in [3.8, 4) is 0 Å². The lowest BCUT2D eigenvalue weighted by atomic mass is 10.1. The molecule has 0 spiro atoms. The third-order valence-corrected chi connectivity index (χ3v) is 13.0. The highest BCUT2D eigenvalue weighted by Crippen LogP contribution is 2.71. The van der Waals surface area contributed by atoms with E-state index in [0.29, 0.717) is 0 Å². The molecular formula is C20H30N7O20P4+. The second kappa shape index (κ2) is 14.7. The summed E-state index contributed by atoms with van der Waals surface area (Å²) in [6.45, 7) is -0.738. The third kappa shape index (κ3) is 9.31. The smallest absolute Gasteiger partial charge is 0.390 e. The van der Waals surface area contributed by atoms with Crippen molar-refractivity contribution < 1.29 is 89.2 Å². The summed E-state index contributed by atoms with van der Waals surface area (Å²) < 4.78 is 82.9. The number of phosphoric ester groups is 2. The number of nitrogens with one attached hydrogen (secondary N) is 2. The number of ether oxygens (including phenoxy) is 2. The number of hydrogen-bond acceptors (Lipinski definition) is 19. The molecule has 0 aliphatic carbocycles. The summed E-state index contributed by atoms with van der Waals surface area (Å²) in [6.07, 6.45) is -7.26. The van der Waals surface area contributed by atoms with Crippen LogP contribution in [0.15, 0.2) is 28.4 Å². The van der Waals surface area contributed by atoms with Gasteiger partial charge >= 0.3 is 42.6 Å². The molecule has 5 rings (SSSR count). The van der Waals surface area contributed by atoms with Gasteiger partial charge in [0.1, 0.15) is 30.6 Å². The molecule has 5 heterocycles. The fourth-order valence-electron chi connectivity index (χ4n) is 4.85. The van der Waals surface area contributed by atoms with Gasteiger partial charge in [0.25, 0.3) is 5.56 Å². The minimum absolute atomic E-state index is 0.0414. The second-order valence-corrected chi connectivity index (χ2v) is 17.0. The van der Waals surface area contributed by atoms with Crippen LogP contribution in [0.1, 0.15) is 24.4 Å². The molecular weight excluding hydrogens is 782 g/mol. The third-order valence-electron chi connectivity index (χ3n) is 7.14. The number of imidazole rings is 1. The molecule has 0 bridgehead atoms. The van der Waals surface area contributed by atoms with Gasteiger partial charge in [-0.1, -0.05) is 4.98 Å². The van der Waals surface area contributed by atoms with Gasteiger partial charge in [0, 0.05) is 18.2 Å². The Kier molecular flexibility index (Phi) is 11.4. The second-order valence-electron chi connectivity index (χ2n) is 10.8. The molecule has 3 aromatic rings. The normalized spacial score (nSPS) is 30.1. The van der Waals surface area contributed by atoms with Crippen LogP contribution in [-0.2, 0) is 49.7 Å². The minimum atomic E-state index is -6.17. The summed E-state index contributed by atoms with van der Waals surface area (Å²) in [5, 5.41) is 31.1. The number of aromatic nitrogens is 6. The van der Waals surface area contributed by atoms with E-state index in [2.05, 4.69) is 36.9 Å². The maximum atomic E-state index is 12.4. The van der Waals surface area contributed by atoms with Crippen molar-refractivity contribution in [1.29, 1.82) is 0 Å². The summed E-state index contributed by atoms with van der Waals surface area (Å²) in [5.74, 6) is 0.0414. The van der Waals surface area contributed by atoms with E-state index in [1.54, 1.807) is 0 Å². The summed E-state index contributed by atoms with van der Waals surface area (Å²) in [6, 6.07) is 0. The van der Waals surface area contributed by atoms with Crippen molar-refractivity contribution in [3.63, 3.8) is 0 Å². The number of nitrogens with zero attached hydrogens (tertiary/aromatic N) is 4. The van der Waals surface area contributed by atoms with Crippen LogP contribution in [0.4, 0.5) is 5.82 Å². The van der Waals surface area contributed by atoms with E-state index >= 15 is 0 Å². The summed E-state index contributed by atoms with van der Waals surface area (Å²) >= 11 is 0. The van der Waals surface area contributed by atoms with Crippen molar-refractivity contribution in [1.82, 2.24) is 24.5 Å². The van der Waals surface area contributed by atoms with Gasteiger partial charge in [-0.15, -0.1) is 0 Å². The Hall–Kier alpha value is -2.61. The van der Waals surface area contributed by atoms with Crippen molar-refractivity contribution >= 4 is 48.3 Å². The minimum Gasteiger partial charge on any atom is -0.390 e. The number of nitrogen functional groups attached to an aromatic ring is 1. The Labute approximate surface area is 282 Å². The number of nitrogens with two attached hydrogens (primary N) is 1. The Bertz CT molecular complexity index is 2090. The molecule has 2 fully saturated rings. The lowest BCUT2D eigenvalue weighted by Crippen LogP contribution is -2.45. The van der Waals surface area contributed by atoms with Gasteiger partial charge in [0.2, 0.25) is 11.7 Å². The monoisotopic (exact) mass is 812 g/mol. The van der Waals surface area contributed by atoms with Crippen LogP contribution in [0, 0.1) is 6.92 Å². The molecule has 0 radical (unpaired) electrons. The van der Waals surface area contributed by atoms with Crippen LogP contribution in [0.25, 0.3) is 11.2 Å². The van der Waals surface area contributed by atoms with E-state index in [4.69, 9.17) is 15.2 Å². The van der Waals surface area contributed by atoms with Crippen LogP contribution < -0.4 is 21.5 Å². The van der Waals surface area contributed by atoms with E-state index in [1.807, 2.05) is 4.98 Å². The van der Waals surface area contributed by atoms with Gasteiger partial charge in [0.05, 0.1) is 19.3 Å². The molecule has 31 heteroatoms. The van der Waals surface area contributed by atoms with Crippen molar-refractivity contribution in [3.05, 3.63) is 45.3 Å². The maximum absolute atomic E-state index is 12.4. The van der Waals surface area contributed by atoms with E-state index in [1.165, 1.54) is 17.8 Å². The molecule has 284 valence electrons. The van der Waals surface area contributed by atoms with Crippen LogP contribution in [0.5, 0.6) is 0 Å². The van der Waals surface area contributed by atoms with E-state index in [-0.39, 0.29) is 29.0 Å². The van der Waals surface area contributed by atoms with Crippen LogP contribution in [0.3, 0.4) is 0 Å². The number of phosphoric acid groups is 4. The molecule has 11 N–H and O–H groups in total.